The maximum absolute atomic E-state index is 12.9. The van der Waals surface area contributed by atoms with Gasteiger partial charge < -0.3 is 5.32 Å². The third-order valence-corrected chi connectivity index (χ3v) is 4.14. The second-order valence-electron chi connectivity index (χ2n) is 6.04. The Kier molecular flexibility index (Phi) is 5.10. The molecule has 0 unspecified atom stereocenters. The third-order valence-electron chi connectivity index (χ3n) is 4.14. The van der Waals surface area contributed by atoms with Gasteiger partial charge in [0.2, 0.25) is 0 Å². The van der Waals surface area contributed by atoms with Gasteiger partial charge in [-0.25, -0.2) is 0 Å². The summed E-state index contributed by atoms with van der Waals surface area (Å²) in [6, 6.07) is 1.77. The van der Waals surface area contributed by atoms with Crippen molar-refractivity contribution in [3.8, 4) is 0 Å². The number of carbonyl (C=O) groups excluding carboxylic acids is 1. The van der Waals surface area contributed by atoms with E-state index >= 15 is 0 Å². The molecule has 1 aliphatic rings. The van der Waals surface area contributed by atoms with E-state index < -0.39 is 55.4 Å². The van der Waals surface area contributed by atoms with Gasteiger partial charge in [-0.1, -0.05) is 0 Å². The molecular weight excluding hydrogens is 338 g/mol. The Bertz CT molecular complexity index is 559. The smallest absolute Gasteiger partial charge is 0.349 e. The molecule has 9 heteroatoms. The van der Waals surface area contributed by atoms with E-state index in [1.807, 2.05) is 0 Å². The highest BCUT2D eigenvalue weighted by molar-refractivity contribution is 5.94. The number of aryl methyl sites for hydroxylation is 1. The lowest BCUT2D eigenvalue weighted by Crippen LogP contribution is -2.47. The number of rotatable bonds is 2. The average molecular weight is 354 g/mol. The maximum atomic E-state index is 12.9. The lowest BCUT2D eigenvalue weighted by Gasteiger charge is -2.36. The lowest BCUT2D eigenvalue weighted by atomic mass is 9.77. The summed E-state index contributed by atoms with van der Waals surface area (Å²) >= 11 is 0. The molecule has 1 fully saturated rings. The van der Waals surface area contributed by atoms with E-state index in [1.54, 1.807) is 6.92 Å². The van der Waals surface area contributed by atoms with Crippen molar-refractivity contribution in [3.63, 3.8) is 0 Å². The second kappa shape index (κ2) is 6.60. The van der Waals surface area contributed by atoms with E-state index in [-0.39, 0.29) is 5.56 Å². The van der Waals surface area contributed by atoms with Crippen LogP contribution in [0.5, 0.6) is 0 Å². The number of halogens is 6. The molecule has 0 saturated heterocycles. The van der Waals surface area contributed by atoms with Gasteiger partial charge in [0.15, 0.2) is 0 Å². The number of aromatic nitrogens is 1. The minimum atomic E-state index is -4.72. The Morgan fingerprint density at radius 3 is 2.00 bits per heavy atom. The highest BCUT2D eigenvalue weighted by Crippen LogP contribution is 2.45. The van der Waals surface area contributed by atoms with Crippen LogP contribution in [0.15, 0.2) is 18.3 Å². The number of alkyl halides is 6. The summed E-state index contributed by atoms with van der Waals surface area (Å²) in [5, 5.41) is 2.28. The number of nitrogens with one attached hydrogen (secondary N) is 1. The summed E-state index contributed by atoms with van der Waals surface area (Å²) in [6.07, 6.45) is -10.3. The number of pyridine rings is 1. The normalized spacial score (nSPS) is 25.4. The summed E-state index contributed by atoms with van der Waals surface area (Å²) in [5.74, 6) is -4.89. The quantitative estimate of drug-likeness (QED) is 0.815. The molecule has 0 bridgehead atoms. The molecule has 0 spiro atoms. The molecular formula is C15H16F6N2O. The fourth-order valence-corrected chi connectivity index (χ4v) is 2.84. The first-order valence-corrected chi connectivity index (χ1v) is 7.33. The number of carbonyl (C=O) groups is 1. The molecule has 1 amide bonds. The number of nitrogens with zero attached hydrogens (tertiary/aromatic N) is 1. The zero-order valence-corrected chi connectivity index (χ0v) is 12.7. The molecule has 0 aliphatic heterocycles. The lowest BCUT2D eigenvalue weighted by molar-refractivity contribution is -0.225. The van der Waals surface area contributed by atoms with Gasteiger partial charge in [-0.15, -0.1) is 0 Å². The van der Waals surface area contributed by atoms with E-state index in [0.717, 1.165) is 0 Å². The molecule has 1 aromatic heterocycles. The first kappa shape index (κ1) is 18.5. The monoisotopic (exact) mass is 354 g/mol. The van der Waals surface area contributed by atoms with Gasteiger partial charge in [0.25, 0.3) is 5.91 Å². The van der Waals surface area contributed by atoms with Crippen molar-refractivity contribution in [2.75, 3.05) is 0 Å². The Hall–Kier alpha value is -1.80. The predicted octanol–water partition coefficient (Wildman–Crippen LogP) is 4.03. The zero-order valence-electron chi connectivity index (χ0n) is 12.7. The van der Waals surface area contributed by atoms with Gasteiger partial charge in [0, 0.05) is 17.9 Å². The van der Waals surface area contributed by atoms with Crippen molar-refractivity contribution in [3.05, 3.63) is 29.6 Å². The van der Waals surface area contributed by atoms with Crippen LogP contribution in [0.2, 0.25) is 0 Å². The summed E-state index contributed by atoms with van der Waals surface area (Å²) < 4.78 is 77.3. The van der Waals surface area contributed by atoms with Crippen molar-refractivity contribution < 1.29 is 31.1 Å². The van der Waals surface area contributed by atoms with E-state index in [9.17, 15) is 31.1 Å². The van der Waals surface area contributed by atoms with Crippen LogP contribution >= 0.6 is 0 Å². The first-order chi connectivity index (χ1) is 11.0. The Morgan fingerprint density at radius 1 is 1.04 bits per heavy atom. The van der Waals surface area contributed by atoms with Crippen LogP contribution in [-0.4, -0.2) is 29.3 Å². The molecule has 134 valence electrons. The summed E-state index contributed by atoms with van der Waals surface area (Å²) in [6.45, 7) is 1.69. The molecule has 1 N–H and O–H groups in total. The topological polar surface area (TPSA) is 42.0 Å². The Balaban J connectivity index is 2.12. The Labute approximate surface area is 134 Å². The molecule has 2 rings (SSSR count). The minimum Gasteiger partial charge on any atom is -0.349 e. The van der Waals surface area contributed by atoms with Crippen molar-refractivity contribution in [2.24, 2.45) is 11.8 Å². The molecule has 0 aromatic carbocycles. The van der Waals surface area contributed by atoms with Crippen molar-refractivity contribution >= 4 is 5.91 Å². The van der Waals surface area contributed by atoms with Crippen molar-refractivity contribution in [2.45, 2.75) is 44.6 Å². The van der Waals surface area contributed by atoms with Crippen LogP contribution in [0.25, 0.3) is 0 Å². The van der Waals surface area contributed by atoms with Crippen LogP contribution in [0, 0.1) is 18.8 Å². The van der Waals surface area contributed by atoms with Crippen molar-refractivity contribution in [1.29, 1.82) is 0 Å². The molecule has 0 radical (unpaired) electrons. The molecule has 2 atom stereocenters. The van der Waals surface area contributed by atoms with Crippen LogP contribution in [0.1, 0.15) is 35.3 Å². The summed E-state index contributed by atoms with van der Waals surface area (Å²) in [5.41, 5.74) is 0.733. The molecule has 1 saturated carbocycles. The van der Waals surface area contributed by atoms with E-state index in [2.05, 4.69) is 10.3 Å². The van der Waals surface area contributed by atoms with E-state index in [4.69, 9.17) is 0 Å². The predicted molar refractivity (Wildman–Crippen MR) is 73.2 cm³/mol. The molecule has 1 aromatic rings. The van der Waals surface area contributed by atoms with E-state index in [0.29, 0.717) is 5.69 Å². The van der Waals surface area contributed by atoms with Gasteiger partial charge in [-0.05, 0) is 38.3 Å². The standard InChI is InChI=1S/C15H16F6N2O/c1-8-2-3-9(7-22-8)13(24)23-12-5-10(14(16,17)18)4-11(6-12)15(19,20)21/h2-3,7,10-12H,4-6H2,1H3,(H,23,24)/t10-,11-/m0/s1. The average Bonchev–Trinajstić information content (AvgIpc) is 2.45. The molecule has 3 nitrogen and oxygen atoms in total. The van der Waals surface area contributed by atoms with Crippen LogP contribution in [0.4, 0.5) is 26.3 Å². The number of hydrogen-bond acceptors (Lipinski definition) is 2. The largest absolute Gasteiger partial charge is 0.391 e. The number of amides is 1. The van der Waals surface area contributed by atoms with Gasteiger partial charge in [0.1, 0.15) is 0 Å². The van der Waals surface area contributed by atoms with Crippen LogP contribution in [-0.2, 0) is 0 Å². The minimum absolute atomic E-state index is 0.0956. The van der Waals surface area contributed by atoms with Crippen molar-refractivity contribution in [1.82, 2.24) is 10.3 Å². The Morgan fingerprint density at radius 2 is 1.58 bits per heavy atom. The summed E-state index contributed by atoms with van der Waals surface area (Å²) in [4.78, 5) is 15.9. The third kappa shape index (κ3) is 4.61. The van der Waals surface area contributed by atoms with Gasteiger partial charge >= 0.3 is 12.4 Å². The van der Waals surface area contributed by atoms with Crippen LogP contribution < -0.4 is 5.32 Å². The fourth-order valence-electron chi connectivity index (χ4n) is 2.84. The number of hydrogen-bond donors (Lipinski definition) is 1. The highest BCUT2D eigenvalue weighted by Gasteiger charge is 2.52. The summed E-state index contributed by atoms with van der Waals surface area (Å²) in [7, 11) is 0. The van der Waals surface area contributed by atoms with Crippen LogP contribution in [0.3, 0.4) is 0 Å². The van der Waals surface area contributed by atoms with Gasteiger partial charge in [0.05, 0.1) is 17.4 Å². The van der Waals surface area contributed by atoms with Gasteiger partial charge in [-0.2, -0.15) is 26.3 Å². The molecule has 1 aliphatic carbocycles. The fraction of sp³-hybridized carbons (Fsp3) is 0.600. The van der Waals surface area contributed by atoms with Gasteiger partial charge in [-0.3, -0.25) is 9.78 Å². The first-order valence-electron chi connectivity index (χ1n) is 7.33. The maximum Gasteiger partial charge on any atom is 0.391 e. The molecule has 24 heavy (non-hydrogen) atoms. The molecule has 1 heterocycles. The second-order valence-corrected chi connectivity index (χ2v) is 6.04. The SMILES string of the molecule is Cc1ccc(C(=O)NC2C[C@@H](C(F)(F)F)C[C@H](C(F)(F)F)C2)cn1. The highest BCUT2D eigenvalue weighted by atomic mass is 19.4. The zero-order chi connectivity index (χ0) is 18.1. The van der Waals surface area contributed by atoms with E-state index in [1.165, 1.54) is 18.3 Å².